The van der Waals surface area contributed by atoms with Crippen molar-refractivity contribution >= 4 is 5.91 Å². The van der Waals surface area contributed by atoms with Crippen LogP contribution in [0.1, 0.15) is 56.3 Å². The van der Waals surface area contributed by atoms with Crippen molar-refractivity contribution in [1.82, 2.24) is 4.90 Å². The molecule has 1 amide bonds. The lowest BCUT2D eigenvalue weighted by Gasteiger charge is -2.39. The fraction of sp³-hybridized carbons (Fsp3) is 0.500. The Balaban J connectivity index is 1.94. The summed E-state index contributed by atoms with van der Waals surface area (Å²) in [6, 6.07) is 12.1. The Hall–Kier alpha value is -2.69. The fourth-order valence-electron chi connectivity index (χ4n) is 4.34. The number of fused-ring (bicyclic) bond motifs is 1. The lowest BCUT2D eigenvalue weighted by molar-refractivity contribution is -0.139. The zero-order valence-electron chi connectivity index (χ0n) is 19.4. The highest BCUT2D eigenvalue weighted by atomic mass is 16.5. The molecule has 1 aliphatic rings. The number of hydrogen-bond donors (Lipinski definition) is 0. The average molecular weight is 426 g/mol. The summed E-state index contributed by atoms with van der Waals surface area (Å²) in [5.74, 6) is 2.46. The van der Waals surface area contributed by atoms with Gasteiger partial charge >= 0.3 is 0 Å². The van der Waals surface area contributed by atoms with Crippen molar-refractivity contribution in [3.63, 3.8) is 0 Å². The minimum Gasteiger partial charge on any atom is -0.493 e. The Morgan fingerprint density at radius 1 is 1.03 bits per heavy atom. The van der Waals surface area contributed by atoms with Gasteiger partial charge in [-0.05, 0) is 66.6 Å². The third kappa shape index (κ3) is 4.97. The van der Waals surface area contributed by atoms with Gasteiger partial charge in [-0.15, -0.1) is 0 Å². The van der Waals surface area contributed by atoms with Crippen LogP contribution < -0.4 is 14.2 Å². The van der Waals surface area contributed by atoms with Crippen LogP contribution in [0.2, 0.25) is 0 Å². The van der Waals surface area contributed by atoms with Gasteiger partial charge in [0, 0.05) is 12.5 Å². The van der Waals surface area contributed by atoms with E-state index in [1.807, 2.05) is 29.2 Å². The Kier molecular flexibility index (Phi) is 7.83. The Labute approximate surface area is 186 Å². The first kappa shape index (κ1) is 23.0. The fourth-order valence-corrected chi connectivity index (χ4v) is 4.34. The quantitative estimate of drug-likeness (QED) is 0.554. The van der Waals surface area contributed by atoms with Crippen LogP contribution in [0.25, 0.3) is 0 Å². The summed E-state index contributed by atoms with van der Waals surface area (Å²) in [5.41, 5.74) is 3.53. The Morgan fingerprint density at radius 3 is 2.26 bits per heavy atom. The number of nitrogens with zero attached hydrogens (tertiary/aromatic N) is 1. The van der Waals surface area contributed by atoms with E-state index in [0.717, 1.165) is 42.7 Å². The lowest BCUT2D eigenvalue weighted by atomic mass is 9.90. The molecule has 0 spiro atoms. The van der Waals surface area contributed by atoms with Gasteiger partial charge in [0.25, 0.3) is 0 Å². The SMILES string of the molecule is CCc1ccc(OC[C@H]2c3cc(OC)c(OC)cc3CCN2C(=O)C(CC)CC)cc1. The summed E-state index contributed by atoms with van der Waals surface area (Å²) in [6.45, 7) is 7.38. The minimum atomic E-state index is -0.164. The van der Waals surface area contributed by atoms with E-state index in [1.54, 1.807) is 14.2 Å². The van der Waals surface area contributed by atoms with Gasteiger partial charge < -0.3 is 19.1 Å². The number of hydrogen-bond acceptors (Lipinski definition) is 4. The largest absolute Gasteiger partial charge is 0.493 e. The van der Waals surface area contributed by atoms with Crippen molar-refractivity contribution < 1.29 is 19.0 Å². The summed E-state index contributed by atoms with van der Waals surface area (Å²) in [5, 5.41) is 0. The van der Waals surface area contributed by atoms with Crippen LogP contribution in [-0.2, 0) is 17.6 Å². The third-order valence-electron chi connectivity index (χ3n) is 6.36. The van der Waals surface area contributed by atoms with Crippen LogP contribution in [0, 0.1) is 5.92 Å². The van der Waals surface area contributed by atoms with Crippen LogP contribution in [0.3, 0.4) is 0 Å². The first-order chi connectivity index (χ1) is 15.1. The molecule has 0 bridgehead atoms. The number of carbonyl (C=O) groups is 1. The molecule has 3 rings (SSSR count). The average Bonchev–Trinajstić information content (AvgIpc) is 2.82. The van der Waals surface area contributed by atoms with Gasteiger partial charge in [0.15, 0.2) is 11.5 Å². The first-order valence-corrected chi connectivity index (χ1v) is 11.3. The van der Waals surface area contributed by atoms with E-state index in [-0.39, 0.29) is 17.9 Å². The molecule has 0 saturated heterocycles. The number of carbonyl (C=O) groups excluding carboxylic acids is 1. The second-order valence-electron chi connectivity index (χ2n) is 8.03. The molecule has 1 aliphatic heterocycles. The zero-order valence-corrected chi connectivity index (χ0v) is 19.4. The third-order valence-corrected chi connectivity index (χ3v) is 6.36. The van der Waals surface area contributed by atoms with Gasteiger partial charge in [-0.3, -0.25) is 4.79 Å². The minimum absolute atomic E-state index is 0.0352. The molecule has 2 aromatic rings. The van der Waals surface area contributed by atoms with Crippen molar-refractivity contribution in [3.8, 4) is 17.2 Å². The molecule has 168 valence electrons. The van der Waals surface area contributed by atoms with E-state index in [9.17, 15) is 4.79 Å². The van der Waals surface area contributed by atoms with Crippen LogP contribution in [0.4, 0.5) is 0 Å². The number of benzene rings is 2. The van der Waals surface area contributed by atoms with Gasteiger partial charge in [0.05, 0.1) is 20.3 Å². The molecule has 5 heteroatoms. The molecule has 0 saturated carbocycles. The van der Waals surface area contributed by atoms with E-state index < -0.39 is 0 Å². The second-order valence-corrected chi connectivity index (χ2v) is 8.03. The molecular formula is C26H35NO4. The van der Waals surface area contributed by atoms with Crippen LogP contribution >= 0.6 is 0 Å². The van der Waals surface area contributed by atoms with E-state index in [1.165, 1.54) is 11.1 Å². The smallest absolute Gasteiger partial charge is 0.226 e. The van der Waals surface area contributed by atoms with Crippen molar-refractivity contribution in [2.24, 2.45) is 5.92 Å². The molecule has 31 heavy (non-hydrogen) atoms. The number of aryl methyl sites for hydroxylation is 1. The molecule has 5 nitrogen and oxygen atoms in total. The van der Waals surface area contributed by atoms with Gasteiger partial charge in [-0.2, -0.15) is 0 Å². The second kappa shape index (κ2) is 10.6. The van der Waals surface area contributed by atoms with E-state index in [0.29, 0.717) is 18.9 Å². The van der Waals surface area contributed by atoms with Crippen molar-refractivity contribution in [2.45, 2.75) is 52.5 Å². The molecule has 1 atom stereocenters. The molecule has 1 heterocycles. The summed E-state index contributed by atoms with van der Waals surface area (Å²) in [4.78, 5) is 15.4. The molecule has 0 fully saturated rings. The monoisotopic (exact) mass is 425 g/mol. The summed E-state index contributed by atoms with van der Waals surface area (Å²) in [7, 11) is 3.29. The Bertz CT molecular complexity index is 874. The summed E-state index contributed by atoms with van der Waals surface area (Å²) >= 11 is 0. The number of rotatable bonds is 9. The lowest BCUT2D eigenvalue weighted by Crippen LogP contribution is -2.45. The van der Waals surface area contributed by atoms with Crippen LogP contribution in [-0.4, -0.2) is 38.2 Å². The van der Waals surface area contributed by atoms with Crippen LogP contribution in [0.5, 0.6) is 17.2 Å². The van der Waals surface area contributed by atoms with Gasteiger partial charge in [0.2, 0.25) is 5.91 Å². The maximum Gasteiger partial charge on any atom is 0.226 e. The predicted molar refractivity (Wildman–Crippen MR) is 123 cm³/mol. The van der Waals surface area contributed by atoms with Gasteiger partial charge in [-0.1, -0.05) is 32.9 Å². The normalized spacial score (nSPS) is 15.5. The molecule has 2 aromatic carbocycles. The molecule has 0 unspecified atom stereocenters. The van der Waals surface area contributed by atoms with Crippen molar-refractivity contribution in [3.05, 3.63) is 53.1 Å². The highest BCUT2D eigenvalue weighted by Gasteiger charge is 2.34. The van der Waals surface area contributed by atoms with E-state index in [2.05, 4.69) is 32.9 Å². The molecule has 0 N–H and O–H groups in total. The van der Waals surface area contributed by atoms with Crippen molar-refractivity contribution in [1.29, 1.82) is 0 Å². The summed E-state index contributed by atoms with van der Waals surface area (Å²) < 4.78 is 17.2. The number of ether oxygens (including phenoxy) is 3. The Morgan fingerprint density at radius 2 is 1.68 bits per heavy atom. The predicted octanol–water partition coefficient (Wildman–Crippen LogP) is 5.21. The number of methoxy groups -OCH3 is 2. The van der Waals surface area contributed by atoms with E-state index >= 15 is 0 Å². The molecule has 0 aliphatic carbocycles. The zero-order chi connectivity index (χ0) is 22.4. The van der Waals surface area contributed by atoms with Crippen LogP contribution in [0.15, 0.2) is 36.4 Å². The van der Waals surface area contributed by atoms with Gasteiger partial charge in [-0.25, -0.2) is 0 Å². The molecule has 0 aromatic heterocycles. The molecular weight excluding hydrogens is 390 g/mol. The summed E-state index contributed by atoms with van der Waals surface area (Å²) in [6.07, 6.45) is 3.48. The highest BCUT2D eigenvalue weighted by molar-refractivity contribution is 5.79. The maximum absolute atomic E-state index is 13.4. The standard InChI is InChI=1S/C26H35NO4/c1-6-18-9-11-21(12-10-18)31-17-23-22-16-25(30-5)24(29-4)15-20(22)13-14-27(23)26(28)19(7-2)8-3/h9-12,15-16,19,23H,6-8,13-14,17H2,1-5H3/t23-/m0/s1. The van der Waals surface area contributed by atoms with Gasteiger partial charge in [0.1, 0.15) is 12.4 Å². The topological polar surface area (TPSA) is 48.0 Å². The maximum atomic E-state index is 13.4. The number of amides is 1. The first-order valence-electron chi connectivity index (χ1n) is 11.3. The van der Waals surface area contributed by atoms with E-state index in [4.69, 9.17) is 14.2 Å². The van der Waals surface area contributed by atoms with Crippen molar-refractivity contribution in [2.75, 3.05) is 27.4 Å². The highest BCUT2D eigenvalue weighted by Crippen LogP contribution is 2.39. The molecule has 0 radical (unpaired) electrons.